The van der Waals surface area contributed by atoms with Crippen LogP contribution in [0, 0.1) is 0 Å². The van der Waals surface area contributed by atoms with Crippen LogP contribution in [0.2, 0.25) is 0 Å². The zero-order valence-electron chi connectivity index (χ0n) is 76.9. The molecule has 2 aliphatic carbocycles. The monoisotopic (exact) mass is 1870 g/mol. The summed E-state index contributed by atoms with van der Waals surface area (Å²) in [6.07, 6.45) is 26.2. The molecule has 0 amide bonds. The van der Waals surface area contributed by atoms with Gasteiger partial charge in [-0.05, 0) is 248 Å². The number of nitrogens with one attached hydrogen (secondary N) is 1. The molecule has 0 unspecified atom stereocenters. The Hall–Kier alpha value is -8.27. The fourth-order valence-electron chi connectivity index (χ4n) is 19.1. The fourth-order valence-corrected chi connectivity index (χ4v) is 20.9. The molecule has 684 valence electrons. The van der Waals surface area contributed by atoms with E-state index < -0.39 is 31.3 Å². The van der Waals surface area contributed by atoms with E-state index in [2.05, 4.69) is 269 Å². The van der Waals surface area contributed by atoms with Gasteiger partial charge < -0.3 is 48.8 Å². The topological polar surface area (TPSA) is 270 Å². The molecule has 0 saturated heterocycles. The number of allylic oxidation sites excluding steroid dienone is 15. The van der Waals surface area contributed by atoms with Crippen molar-refractivity contribution in [1.82, 2.24) is 0 Å². The molecule has 28 heteroatoms. The van der Waals surface area contributed by atoms with Gasteiger partial charge in [-0.1, -0.05) is 155 Å². The summed E-state index contributed by atoms with van der Waals surface area (Å²) in [7, 11) is -9.40. The van der Waals surface area contributed by atoms with E-state index >= 15 is 0 Å². The first kappa shape index (κ1) is 102. The van der Waals surface area contributed by atoms with Gasteiger partial charge in [0.1, 0.15) is 28.2 Å². The van der Waals surface area contributed by atoms with Crippen LogP contribution >= 0.6 is 36.0 Å². The molecular formula is C102H118ClN6NaO16S4. The first-order valence-electron chi connectivity index (χ1n) is 44.4. The summed E-state index contributed by atoms with van der Waals surface area (Å²) < 4.78 is 92.5. The van der Waals surface area contributed by atoms with E-state index in [1.165, 1.54) is 54.0 Å². The largest absolute Gasteiger partial charge is 1.00 e. The molecule has 0 radical (unpaired) electrons. The van der Waals surface area contributed by atoms with Crippen LogP contribution in [0.15, 0.2) is 273 Å². The van der Waals surface area contributed by atoms with Gasteiger partial charge >= 0.3 is 29.6 Å². The minimum absolute atomic E-state index is 0. The number of para-hydroxylation sites is 4. The number of quaternary nitrogens is 1. The maximum atomic E-state index is 12.3. The zero-order valence-corrected chi connectivity index (χ0v) is 82.9. The molecule has 0 fully saturated rings. The van der Waals surface area contributed by atoms with Gasteiger partial charge in [-0.25, -0.2) is 16.8 Å². The van der Waals surface area contributed by atoms with Crippen molar-refractivity contribution < 1.29 is 117 Å². The van der Waals surface area contributed by atoms with Crippen LogP contribution in [0.3, 0.4) is 0 Å². The maximum absolute atomic E-state index is 12.3. The van der Waals surface area contributed by atoms with Crippen molar-refractivity contribution in [2.75, 3.05) is 73.7 Å². The van der Waals surface area contributed by atoms with Crippen molar-refractivity contribution in [2.24, 2.45) is 0 Å². The van der Waals surface area contributed by atoms with Gasteiger partial charge in [0.2, 0.25) is 21.8 Å². The van der Waals surface area contributed by atoms with Crippen LogP contribution in [-0.2, 0) is 78.9 Å². The molecule has 0 bridgehead atoms. The maximum Gasteiger partial charge on any atom is 1.00 e. The molecule has 130 heavy (non-hydrogen) atoms. The number of nitrogens with zero attached hydrogens (tertiary/aromatic N) is 5. The Morgan fingerprint density at radius 2 is 1.07 bits per heavy atom. The third-order valence-corrected chi connectivity index (χ3v) is 28.2. The number of carbonyl (C=O) groups excluding carboxylic acids is 2. The van der Waals surface area contributed by atoms with Crippen molar-refractivity contribution in [2.45, 2.75) is 199 Å². The van der Waals surface area contributed by atoms with E-state index in [1.807, 2.05) is 54.6 Å². The molecule has 1 N–H and O–H groups in total. The standard InChI is InChI=1S/C60H61N3O8S2.C36H43ClN2O8S2.C6H15N.Na/c1-40(64)16-14-36-61-52-32-24-44-38-48(72-71-70-66)28-30-50(44)56(52)59(3,4)54(61)34-26-42-18-13-19-43(58(42)63(46-20-9-7-10-21-46)47-22-11-8-12-23-47)27-35-55-60(5,6)57-51-31-29-49(73(67,68)69)39-45(51)25-33-53(57)62(55)37-15-17-41(2)65;1-35(2)28-14-5-7-16-30(28)38(22-10-24-44-48-47-46-40)32(35)20-18-26-12-9-13-27(34(26)37)19-21-33-36(3,4)29-15-6-8-17-31(29)39(33)23-11-25-45-49(41,42)43;1-4-7(5-2)6-3;/h7-12,20-35,38-39H,13-19,36-37H2,1-6H3,(H-,66,67,68,69);5-8,14-21H,9-13,22-25H2,1-4H3,(H-,40,41,42,43);4-6H2,1-3H3;/q;;;+1/p-1. The summed E-state index contributed by atoms with van der Waals surface area (Å²) in [6, 6.07) is 56.2. The van der Waals surface area contributed by atoms with Gasteiger partial charge in [-0.2, -0.15) is 13.5 Å². The molecule has 8 aromatic rings. The second-order valence-electron chi connectivity index (χ2n) is 35.2. The van der Waals surface area contributed by atoms with E-state index in [9.17, 15) is 46.0 Å². The molecule has 22 nitrogen and oxygen atoms in total. The number of ketones is 2. The van der Waals surface area contributed by atoms with Gasteiger partial charge in [0.05, 0.1) is 66.3 Å². The molecule has 0 saturated carbocycles. The number of benzene rings is 8. The van der Waals surface area contributed by atoms with Gasteiger partial charge in [-0.15, -0.1) is 4.33 Å². The number of carbonyl (C=O) groups is 2. The predicted molar refractivity (Wildman–Crippen MR) is 509 cm³/mol. The quantitative estimate of drug-likeness (QED) is 0.00558. The number of hydrogen-bond donors (Lipinski definition) is 1. The van der Waals surface area contributed by atoms with Gasteiger partial charge in [0.15, 0.2) is 30.3 Å². The van der Waals surface area contributed by atoms with Gasteiger partial charge in [-0.3, -0.25) is 18.4 Å². The van der Waals surface area contributed by atoms with Gasteiger partial charge in [0.25, 0.3) is 0 Å². The zero-order chi connectivity index (χ0) is 92.6. The van der Waals surface area contributed by atoms with Gasteiger partial charge in [0, 0.05) is 129 Å². The Morgan fingerprint density at radius 3 is 1.71 bits per heavy atom. The predicted octanol–water partition coefficient (Wildman–Crippen LogP) is 16.6. The molecule has 14 rings (SSSR count). The van der Waals surface area contributed by atoms with E-state index in [0.717, 1.165) is 162 Å². The molecule has 6 aliphatic rings. The van der Waals surface area contributed by atoms with E-state index in [4.69, 9.17) is 15.8 Å². The number of rotatable bonds is 36. The third kappa shape index (κ3) is 23.9. The van der Waals surface area contributed by atoms with Crippen molar-refractivity contribution >= 4 is 135 Å². The average molecular weight is 1870 g/mol. The van der Waals surface area contributed by atoms with E-state index in [0.29, 0.717) is 89.0 Å². The minimum Gasteiger partial charge on any atom is -0.744 e. The van der Waals surface area contributed by atoms with E-state index in [-0.39, 0.29) is 63.5 Å². The normalized spacial score (nSPS) is 18.0. The van der Waals surface area contributed by atoms with Crippen LogP contribution in [0.4, 0.5) is 34.1 Å². The third-order valence-electron chi connectivity index (χ3n) is 25.4. The number of anilines is 4. The summed E-state index contributed by atoms with van der Waals surface area (Å²) in [5, 5.41) is 32.0. The molecule has 0 aromatic heterocycles. The first-order chi connectivity index (χ1) is 61.7. The minimum atomic E-state index is -4.74. The first-order valence-corrected chi connectivity index (χ1v) is 48.9. The average Bonchev–Trinajstić information content (AvgIpc) is 1.58. The molecule has 8 aromatic carbocycles. The number of hydrogen-bond acceptors (Lipinski definition) is 21. The Morgan fingerprint density at radius 1 is 0.531 bits per heavy atom. The molecule has 4 heterocycles. The van der Waals surface area contributed by atoms with Crippen molar-refractivity contribution in [3.8, 4) is 0 Å². The summed E-state index contributed by atoms with van der Waals surface area (Å²) in [5.74, 6) is 0.278. The van der Waals surface area contributed by atoms with Crippen molar-refractivity contribution in [1.29, 1.82) is 0 Å². The Bertz CT molecular complexity index is 5970. The van der Waals surface area contributed by atoms with Crippen LogP contribution in [0.25, 0.3) is 21.5 Å². The fraction of sp³-hybridized carbons (Fsp3) is 0.373. The smallest absolute Gasteiger partial charge is 0.744 e. The summed E-state index contributed by atoms with van der Waals surface area (Å²) in [5.41, 5.74) is 19.3. The van der Waals surface area contributed by atoms with Crippen LogP contribution in [0.5, 0.6) is 0 Å². The number of halogens is 1. The van der Waals surface area contributed by atoms with Crippen LogP contribution in [-0.4, -0.2) is 117 Å². The van der Waals surface area contributed by atoms with Crippen molar-refractivity contribution in [3.05, 3.63) is 285 Å². The Balaban J connectivity index is 0.000000248. The van der Waals surface area contributed by atoms with Crippen LogP contribution in [0.1, 0.15) is 189 Å². The number of Topliss-reactive ketones (excluding diaryl/α,β-unsaturated/α-hetero) is 2. The molecule has 4 aliphatic heterocycles. The summed E-state index contributed by atoms with van der Waals surface area (Å²) >= 11 is 8.52. The Kier molecular flexibility index (Phi) is 35.9. The van der Waals surface area contributed by atoms with Crippen molar-refractivity contribution in [3.63, 3.8) is 0 Å². The molecular weight excluding hydrogens is 1750 g/mol. The van der Waals surface area contributed by atoms with E-state index in [1.54, 1.807) is 24.8 Å². The summed E-state index contributed by atoms with van der Waals surface area (Å²) in [6.45, 7) is 34.1. The number of fused-ring (bicyclic) bond motifs is 8. The second kappa shape index (κ2) is 45.6. The SMILES string of the molecule is CC(=O)CCCN1/C(=C/C=C2\CCCC(/C=C/C3=[N+](CCCC(C)=O)c4ccc5cc(S(=O)(=O)[O-])ccc5c4C3(C)C)=C2N(c2ccccc2)c2ccccc2)C(C)(C)c2c1ccc1cc(SOO[O-])ccc21.CC1(C)C(/C=C/C2=C(Cl)C(=C/C=C3/N(CCCOS(=O)(=O)[O-])c4ccccc4C3(C)C)/CCC2)=[N+](CCCOSOO[O-])c2ccccc21.CC[NH+](CC)CC.[Na+]. The molecule has 0 atom stereocenters. The Labute approximate surface area is 802 Å². The second-order valence-corrected chi connectivity index (χ2v) is 39.3. The summed E-state index contributed by atoms with van der Waals surface area (Å²) in [4.78, 5) is 33.7. The molecule has 0 spiro atoms. The van der Waals surface area contributed by atoms with Crippen LogP contribution < -0.4 is 59.7 Å².